The van der Waals surface area contributed by atoms with Gasteiger partial charge in [0, 0.05) is 24.1 Å². The Balaban J connectivity index is 2.01. The van der Waals surface area contributed by atoms with Crippen LogP contribution in [0.15, 0.2) is 53.2 Å². The van der Waals surface area contributed by atoms with E-state index in [2.05, 4.69) is 15.0 Å². The molecule has 20 heavy (non-hydrogen) atoms. The number of rotatable bonds is 1. The summed E-state index contributed by atoms with van der Waals surface area (Å²) < 4.78 is 5.78. The van der Waals surface area contributed by atoms with Crippen molar-refractivity contribution in [3.05, 3.63) is 48.8 Å². The fourth-order valence-electron chi connectivity index (χ4n) is 2.22. The highest BCUT2D eigenvalue weighted by Gasteiger charge is 2.12. The van der Waals surface area contributed by atoms with E-state index in [0.29, 0.717) is 17.2 Å². The molecule has 4 rings (SSSR count). The second-order valence-corrected chi connectivity index (χ2v) is 4.48. The largest absolute Gasteiger partial charge is 0.436 e. The summed E-state index contributed by atoms with van der Waals surface area (Å²) in [7, 11) is 0. The summed E-state index contributed by atoms with van der Waals surface area (Å²) in [6.07, 6.45) is 3.32. The van der Waals surface area contributed by atoms with Gasteiger partial charge in [0.25, 0.3) is 0 Å². The Kier molecular flexibility index (Phi) is 2.20. The minimum absolute atomic E-state index is 0.525. The minimum atomic E-state index is 0.525. The molecule has 5 nitrogen and oxygen atoms in total. The predicted octanol–water partition coefficient (Wildman–Crippen LogP) is 3.02. The smallest absolute Gasteiger partial charge is 0.229 e. The fourth-order valence-corrected chi connectivity index (χ4v) is 2.22. The van der Waals surface area contributed by atoms with Crippen LogP contribution in [0.2, 0.25) is 0 Å². The standard InChI is InChI=1S/C15H10N4O/c16-9-4-5-11-13(8-9)20-15(19-11)10-2-1-3-12-14(10)18-7-6-17-12/h1-8H,16H2. The van der Waals surface area contributed by atoms with Crippen LogP contribution in [0, 0.1) is 0 Å². The average Bonchev–Trinajstić information content (AvgIpc) is 2.89. The number of benzene rings is 2. The molecule has 0 fully saturated rings. The Morgan fingerprint density at radius 3 is 2.80 bits per heavy atom. The number of fused-ring (bicyclic) bond motifs is 2. The molecule has 2 N–H and O–H groups in total. The van der Waals surface area contributed by atoms with Crippen molar-refractivity contribution in [2.75, 3.05) is 5.73 Å². The van der Waals surface area contributed by atoms with Crippen LogP contribution in [0.25, 0.3) is 33.6 Å². The normalized spacial score (nSPS) is 11.2. The van der Waals surface area contributed by atoms with Gasteiger partial charge in [-0.2, -0.15) is 0 Å². The number of nitrogens with two attached hydrogens (primary N) is 1. The number of hydrogen-bond acceptors (Lipinski definition) is 5. The Morgan fingerprint density at radius 2 is 1.85 bits per heavy atom. The van der Waals surface area contributed by atoms with Gasteiger partial charge in [-0.05, 0) is 24.3 Å². The first kappa shape index (κ1) is 10.9. The van der Waals surface area contributed by atoms with Crippen LogP contribution in [0.4, 0.5) is 5.69 Å². The molecule has 0 spiro atoms. The zero-order valence-corrected chi connectivity index (χ0v) is 10.4. The van der Waals surface area contributed by atoms with Gasteiger partial charge in [0.05, 0.1) is 11.1 Å². The Morgan fingerprint density at radius 1 is 0.950 bits per heavy atom. The van der Waals surface area contributed by atoms with Crippen molar-refractivity contribution in [3.8, 4) is 11.5 Å². The second-order valence-electron chi connectivity index (χ2n) is 4.48. The summed E-state index contributed by atoms with van der Waals surface area (Å²) in [6, 6.07) is 11.2. The van der Waals surface area contributed by atoms with E-state index >= 15 is 0 Å². The third-order valence-corrected chi connectivity index (χ3v) is 3.14. The van der Waals surface area contributed by atoms with Gasteiger partial charge in [-0.15, -0.1) is 0 Å². The van der Waals surface area contributed by atoms with E-state index in [1.54, 1.807) is 24.5 Å². The zero-order chi connectivity index (χ0) is 13.5. The van der Waals surface area contributed by atoms with Crippen LogP contribution in [-0.4, -0.2) is 15.0 Å². The number of para-hydroxylation sites is 1. The monoisotopic (exact) mass is 262 g/mol. The molecule has 0 aliphatic heterocycles. The highest BCUT2D eigenvalue weighted by molar-refractivity contribution is 5.90. The van der Waals surface area contributed by atoms with E-state index in [9.17, 15) is 0 Å². The maximum atomic E-state index is 5.78. The van der Waals surface area contributed by atoms with Gasteiger partial charge in [-0.25, -0.2) is 4.98 Å². The van der Waals surface area contributed by atoms with Crippen molar-refractivity contribution in [1.29, 1.82) is 0 Å². The summed E-state index contributed by atoms with van der Waals surface area (Å²) in [4.78, 5) is 13.1. The van der Waals surface area contributed by atoms with E-state index in [-0.39, 0.29) is 0 Å². The Bertz CT molecular complexity index is 924. The molecule has 5 heteroatoms. The highest BCUT2D eigenvalue weighted by Crippen LogP contribution is 2.29. The molecule has 2 aromatic carbocycles. The predicted molar refractivity (Wildman–Crippen MR) is 77.0 cm³/mol. The number of anilines is 1. The lowest BCUT2D eigenvalue weighted by Gasteiger charge is -2.00. The van der Waals surface area contributed by atoms with Crippen LogP contribution < -0.4 is 5.73 Å². The van der Waals surface area contributed by atoms with Crippen molar-refractivity contribution < 1.29 is 4.42 Å². The van der Waals surface area contributed by atoms with Crippen LogP contribution in [0.5, 0.6) is 0 Å². The summed E-state index contributed by atoms with van der Waals surface area (Å²) in [5, 5.41) is 0. The van der Waals surface area contributed by atoms with Crippen molar-refractivity contribution in [1.82, 2.24) is 15.0 Å². The maximum Gasteiger partial charge on any atom is 0.229 e. The van der Waals surface area contributed by atoms with E-state index in [1.165, 1.54) is 0 Å². The molecule has 0 aliphatic carbocycles. The molecular weight excluding hydrogens is 252 g/mol. The van der Waals surface area contributed by atoms with Gasteiger partial charge in [0.15, 0.2) is 5.58 Å². The van der Waals surface area contributed by atoms with Gasteiger partial charge in [0.1, 0.15) is 11.0 Å². The van der Waals surface area contributed by atoms with E-state index in [1.807, 2.05) is 24.3 Å². The van der Waals surface area contributed by atoms with Gasteiger partial charge in [-0.3, -0.25) is 9.97 Å². The molecule has 0 radical (unpaired) electrons. The molecule has 0 unspecified atom stereocenters. The Labute approximate surface area is 114 Å². The maximum absolute atomic E-state index is 5.78. The lowest BCUT2D eigenvalue weighted by Crippen LogP contribution is -1.86. The second kappa shape index (κ2) is 4.03. The molecule has 96 valence electrons. The lowest BCUT2D eigenvalue weighted by molar-refractivity contribution is 0.620. The quantitative estimate of drug-likeness (QED) is 0.533. The average molecular weight is 262 g/mol. The molecule has 2 aromatic heterocycles. The highest BCUT2D eigenvalue weighted by atomic mass is 16.3. The van der Waals surface area contributed by atoms with Gasteiger partial charge < -0.3 is 10.2 Å². The van der Waals surface area contributed by atoms with Crippen LogP contribution >= 0.6 is 0 Å². The molecule has 0 saturated carbocycles. The topological polar surface area (TPSA) is 77.8 Å². The third kappa shape index (κ3) is 1.60. The van der Waals surface area contributed by atoms with E-state index < -0.39 is 0 Å². The zero-order valence-electron chi connectivity index (χ0n) is 10.4. The Hall–Kier alpha value is -2.95. The summed E-state index contributed by atoms with van der Waals surface area (Å²) in [5.74, 6) is 0.525. The number of hydrogen-bond donors (Lipinski definition) is 1. The third-order valence-electron chi connectivity index (χ3n) is 3.14. The number of oxazole rings is 1. The van der Waals surface area contributed by atoms with Crippen LogP contribution in [0.3, 0.4) is 0 Å². The summed E-state index contributed by atoms with van der Waals surface area (Å²) in [5.41, 5.74) is 10.3. The van der Waals surface area contributed by atoms with Gasteiger partial charge in [0.2, 0.25) is 5.89 Å². The first-order valence-electron chi connectivity index (χ1n) is 6.17. The number of nitrogens with zero attached hydrogens (tertiary/aromatic N) is 3. The van der Waals surface area contributed by atoms with Gasteiger partial charge >= 0.3 is 0 Å². The number of nitrogen functional groups attached to an aromatic ring is 1. The molecular formula is C15H10N4O. The molecule has 0 amide bonds. The van der Waals surface area contributed by atoms with Crippen molar-refractivity contribution in [2.45, 2.75) is 0 Å². The lowest BCUT2D eigenvalue weighted by atomic mass is 10.2. The molecule has 0 aliphatic rings. The molecule has 0 saturated heterocycles. The SMILES string of the molecule is Nc1ccc2nc(-c3cccc4nccnc34)oc2c1. The fraction of sp³-hybridized carbons (Fsp3) is 0. The first-order valence-corrected chi connectivity index (χ1v) is 6.17. The van der Waals surface area contributed by atoms with Crippen LogP contribution in [-0.2, 0) is 0 Å². The van der Waals surface area contributed by atoms with Crippen molar-refractivity contribution in [3.63, 3.8) is 0 Å². The number of aromatic nitrogens is 3. The van der Waals surface area contributed by atoms with Crippen molar-refractivity contribution in [2.24, 2.45) is 0 Å². The molecule has 2 heterocycles. The molecule has 0 atom stereocenters. The van der Waals surface area contributed by atoms with Crippen molar-refractivity contribution >= 4 is 27.8 Å². The molecule has 4 aromatic rings. The van der Waals surface area contributed by atoms with Crippen LogP contribution in [0.1, 0.15) is 0 Å². The van der Waals surface area contributed by atoms with Gasteiger partial charge in [-0.1, -0.05) is 6.07 Å². The summed E-state index contributed by atoms with van der Waals surface area (Å²) >= 11 is 0. The minimum Gasteiger partial charge on any atom is -0.436 e. The molecule has 0 bridgehead atoms. The van der Waals surface area contributed by atoms with E-state index in [4.69, 9.17) is 10.2 Å². The summed E-state index contributed by atoms with van der Waals surface area (Å²) in [6.45, 7) is 0. The first-order chi connectivity index (χ1) is 9.81. The van der Waals surface area contributed by atoms with E-state index in [0.717, 1.165) is 22.1 Å².